The second kappa shape index (κ2) is 17.7. The van der Waals surface area contributed by atoms with Crippen LogP contribution in [0.1, 0.15) is 58.4 Å². The molecule has 1 aliphatic rings. The third-order valence-corrected chi connectivity index (χ3v) is 9.22. The molecule has 1 N–H and O–H groups in total. The van der Waals surface area contributed by atoms with Crippen molar-refractivity contribution in [2.75, 3.05) is 25.2 Å². The number of anilines is 1. The largest absolute Gasteiger partial charge is 0.497 e. The number of fused-ring (bicyclic) bond motifs is 1. The first kappa shape index (κ1) is 39.9. The zero-order valence-electron chi connectivity index (χ0n) is 29.7. The SMILES string of the molecule is C=CCC(OC(C)=O)[C@@H]1[C@@H](N(Cc2ccc(OC)cc2)C(=O)c2ccc(C(F)(F)F)cc2)c2cc(OCCCO)ccc2N1C(=O)Cc1ccc(Cl)cc1. The highest BCUT2D eigenvalue weighted by atomic mass is 35.5. The van der Waals surface area contributed by atoms with Crippen molar-refractivity contribution >= 4 is 35.1 Å². The number of benzene rings is 4. The van der Waals surface area contributed by atoms with E-state index in [9.17, 15) is 32.7 Å². The number of amides is 2. The van der Waals surface area contributed by atoms with Crippen LogP contribution in [-0.2, 0) is 33.5 Å². The van der Waals surface area contributed by atoms with Gasteiger partial charge in [0.25, 0.3) is 5.91 Å². The van der Waals surface area contributed by atoms with Crippen LogP contribution in [0.2, 0.25) is 5.02 Å². The average Bonchev–Trinajstić information content (AvgIpc) is 3.48. The van der Waals surface area contributed by atoms with Crippen molar-refractivity contribution in [2.24, 2.45) is 0 Å². The Bertz CT molecular complexity index is 1940. The fraction of sp³-hybridized carbons (Fsp3) is 0.293. The summed E-state index contributed by atoms with van der Waals surface area (Å²) in [5.41, 5.74) is 1.23. The first-order valence-corrected chi connectivity index (χ1v) is 17.6. The minimum Gasteiger partial charge on any atom is -0.497 e. The Hall–Kier alpha value is -5.33. The molecule has 13 heteroatoms. The Morgan fingerprint density at radius 2 is 1.61 bits per heavy atom. The second-order valence-electron chi connectivity index (χ2n) is 12.7. The average molecular weight is 765 g/mol. The van der Waals surface area contributed by atoms with Crippen LogP contribution in [0.15, 0.2) is 104 Å². The molecular weight excluding hydrogens is 725 g/mol. The number of halogens is 4. The zero-order chi connectivity index (χ0) is 39.0. The summed E-state index contributed by atoms with van der Waals surface area (Å²) in [5.74, 6) is -0.706. The first-order chi connectivity index (χ1) is 25.8. The van der Waals surface area contributed by atoms with Gasteiger partial charge in [-0.25, -0.2) is 0 Å². The van der Waals surface area contributed by atoms with Gasteiger partial charge in [0.1, 0.15) is 17.6 Å². The number of aliphatic hydroxyl groups is 1. The Morgan fingerprint density at radius 1 is 0.963 bits per heavy atom. The number of methoxy groups -OCH3 is 1. The van der Waals surface area contributed by atoms with Gasteiger partial charge in [-0.3, -0.25) is 14.4 Å². The number of nitrogens with zero attached hydrogens (tertiary/aromatic N) is 2. The number of carbonyl (C=O) groups excluding carboxylic acids is 3. The lowest BCUT2D eigenvalue weighted by molar-refractivity contribution is -0.148. The number of aliphatic hydroxyl groups excluding tert-OH is 1. The summed E-state index contributed by atoms with van der Waals surface area (Å²) in [6, 6.07) is 20.6. The maximum Gasteiger partial charge on any atom is 0.416 e. The van der Waals surface area contributed by atoms with Crippen LogP contribution in [0.5, 0.6) is 11.5 Å². The lowest BCUT2D eigenvalue weighted by atomic mass is 9.93. The third kappa shape index (κ3) is 9.42. The highest BCUT2D eigenvalue weighted by Crippen LogP contribution is 2.48. The van der Waals surface area contributed by atoms with Crippen LogP contribution in [0.25, 0.3) is 0 Å². The molecule has 0 saturated heterocycles. The predicted molar refractivity (Wildman–Crippen MR) is 197 cm³/mol. The van der Waals surface area contributed by atoms with E-state index in [1.165, 1.54) is 23.8 Å². The maximum atomic E-state index is 14.8. The number of hydrogen-bond donors (Lipinski definition) is 1. The van der Waals surface area contributed by atoms with E-state index in [1.54, 1.807) is 72.8 Å². The van der Waals surface area contributed by atoms with Gasteiger partial charge >= 0.3 is 12.1 Å². The van der Waals surface area contributed by atoms with Gasteiger partial charge < -0.3 is 29.1 Å². The number of carbonyl (C=O) groups is 3. The number of rotatable bonds is 15. The van der Waals surface area contributed by atoms with Crippen LogP contribution in [0.4, 0.5) is 18.9 Å². The van der Waals surface area contributed by atoms with Gasteiger partial charge in [0.2, 0.25) is 5.91 Å². The Morgan fingerprint density at radius 3 is 2.20 bits per heavy atom. The molecule has 0 bridgehead atoms. The van der Waals surface area contributed by atoms with Crippen molar-refractivity contribution in [3.63, 3.8) is 0 Å². The van der Waals surface area contributed by atoms with Gasteiger partial charge in [-0.05, 0) is 77.9 Å². The highest BCUT2D eigenvalue weighted by Gasteiger charge is 2.50. The molecule has 2 amide bonds. The molecule has 5 rings (SSSR count). The molecule has 1 aliphatic heterocycles. The molecule has 4 aromatic carbocycles. The van der Waals surface area contributed by atoms with Crippen molar-refractivity contribution in [3.05, 3.63) is 136 Å². The number of ether oxygens (including phenoxy) is 3. The zero-order valence-corrected chi connectivity index (χ0v) is 30.5. The Balaban J connectivity index is 1.73. The molecular formula is C41H40ClF3N2O7. The van der Waals surface area contributed by atoms with E-state index in [2.05, 4.69) is 6.58 Å². The van der Waals surface area contributed by atoms with Gasteiger partial charge in [-0.2, -0.15) is 13.2 Å². The summed E-state index contributed by atoms with van der Waals surface area (Å²) in [4.78, 5) is 45.0. The standard InChI is InChI=1S/C41H40ClF3N2O7/c1-4-6-36(54-26(2)49)39-38(46(25-28-9-17-32(52-3)18-10-28)40(51)29-11-13-30(14-12-29)41(43,44)45)34-24-33(53-22-5-21-48)19-20-35(34)47(39)37(50)23-27-7-15-31(42)16-8-27/h4,7-20,24,36,38-39,48H,1,5-6,21-23,25H2,2-3H3/t36?,38-,39+/m0/s1. The van der Waals surface area contributed by atoms with Gasteiger partial charge in [-0.1, -0.05) is 41.9 Å². The smallest absolute Gasteiger partial charge is 0.416 e. The van der Waals surface area contributed by atoms with E-state index >= 15 is 0 Å². The monoisotopic (exact) mass is 764 g/mol. The summed E-state index contributed by atoms with van der Waals surface area (Å²) in [5, 5.41) is 9.86. The van der Waals surface area contributed by atoms with E-state index in [4.69, 9.17) is 25.8 Å². The van der Waals surface area contributed by atoms with Crippen molar-refractivity contribution in [1.82, 2.24) is 4.90 Å². The summed E-state index contributed by atoms with van der Waals surface area (Å²) >= 11 is 6.12. The molecule has 1 heterocycles. The Kier molecular flexibility index (Phi) is 13.0. The maximum absolute atomic E-state index is 14.8. The van der Waals surface area contributed by atoms with Crippen molar-refractivity contribution in [2.45, 2.75) is 57.1 Å². The summed E-state index contributed by atoms with van der Waals surface area (Å²) in [6.07, 6.45) is -3.75. The number of hydrogen-bond acceptors (Lipinski definition) is 7. The molecule has 54 heavy (non-hydrogen) atoms. The van der Waals surface area contributed by atoms with Gasteiger partial charge in [0.15, 0.2) is 0 Å². The van der Waals surface area contributed by atoms with Crippen LogP contribution in [0.3, 0.4) is 0 Å². The van der Waals surface area contributed by atoms with E-state index in [1.807, 2.05) is 0 Å². The molecule has 0 aromatic heterocycles. The van der Waals surface area contributed by atoms with Crippen molar-refractivity contribution < 1.29 is 46.9 Å². The van der Waals surface area contributed by atoms with Gasteiger partial charge in [0.05, 0.1) is 37.8 Å². The lowest BCUT2D eigenvalue weighted by Crippen LogP contribution is -2.53. The highest BCUT2D eigenvalue weighted by molar-refractivity contribution is 6.30. The van der Waals surface area contributed by atoms with Crippen LogP contribution < -0.4 is 14.4 Å². The van der Waals surface area contributed by atoms with Crippen molar-refractivity contribution in [1.29, 1.82) is 0 Å². The quantitative estimate of drug-likeness (QED) is 0.0744. The van der Waals surface area contributed by atoms with Crippen molar-refractivity contribution in [3.8, 4) is 11.5 Å². The molecule has 4 aromatic rings. The molecule has 284 valence electrons. The van der Waals surface area contributed by atoms with E-state index in [0.29, 0.717) is 45.3 Å². The van der Waals surface area contributed by atoms with Gasteiger partial charge in [-0.15, -0.1) is 6.58 Å². The summed E-state index contributed by atoms with van der Waals surface area (Å²) < 4.78 is 57.9. The molecule has 0 saturated carbocycles. The Labute approximate surface area is 316 Å². The fourth-order valence-electron chi connectivity index (χ4n) is 6.53. The fourth-order valence-corrected chi connectivity index (χ4v) is 6.66. The van der Waals surface area contributed by atoms with E-state index in [0.717, 1.165) is 24.3 Å². The topological polar surface area (TPSA) is 106 Å². The van der Waals surface area contributed by atoms with E-state index < -0.39 is 41.8 Å². The molecule has 3 atom stereocenters. The third-order valence-electron chi connectivity index (χ3n) is 8.97. The van der Waals surface area contributed by atoms with Crippen LogP contribution >= 0.6 is 11.6 Å². The molecule has 0 aliphatic carbocycles. The molecule has 0 fully saturated rings. The minimum absolute atomic E-state index is 0.0362. The number of alkyl halides is 3. The first-order valence-electron chi connectivity index (χ1n) is 17.2. The number of esters is 1. The lowest BCUT2D eigenvalue weighted by Gasteiger charge is -2.39. The normalized spacial score (nSPS) is 15.6. The van der Waals surface area contributed by atoms with Crippen LogP contribution in [0, 0.1) is 0 Å². The second-order valence-corrected chi connectivity index (χ2v) is 13.1. The predicted octanol–water partition coefficient (Wildman–Crippen LogP) is 7.98. The summed E-state index contributed by atoms with van der Waals surface area (Å²) in [6.45, 7) is 5.10. The minimum atomic E-state index is -4.63. The van der Waals surface area contributed by atoms with Crippen LogP contribution in [-0.4, -0.2) is 60.3 Å². The van der Waals surface area contributed by atoms with E-state index in [-0.39, 0.29) is 44.1 Å². The molecule has 1 unspecified atom stereocenters. The molecule has 9 nitrogen and oxygen atoms in total. The molecule has 0 spiro atoms. The van der Waals surface area contributed by atoms with Gasteiger partial charge in [0, 0.05) is 54.8 Å². The summed E-state index contributed by atoms with van der Waals surface area (Å²) in [7, 11) is 1.51. The molecule has 0 radical (unpaired) electrons.